The molecule has 0 saturated carbocycles. The Kier molecular flexibility index (Phi) is 7.72. The van der Waals surface area contributed by atoms with Gasteiger partial charge >= 0.3 is 6.18 Å². The average molecular weight is 485 g/mol. The topological polar surface area (TPSA) is 74.1 Å². The van der Waals surface area contributed by atoms with Crippen molar-refractivity contribution in [2.45, 2.75) is 37.7 Å². The minimum Gasteiger partial charge on any atom is -0.292 e. The lowest BCUT2D eigenvalue weighted by Gasteiger charge is -2.28. The van der Waals surface area contributed by atoms with Gasteiger partial charge in [-0.1, -0.05) is 36.4 Å². The van der Waals surface area contributed by atoms with Crippen LogP contribution in [0, 0.1) is 5.82 Å². The van der Waals surface area contributed by atoms with E-state index in [1.54, 1.807) is 37.3 Å². The second-order valence-electron chi connectivity index (χ2n) is 7.37. The zero-order chi connectivity index (χ0) is 24.1. The highest BCUT2D eigenvalue weighted by molar-refractivity contribution is 7.91. The van der Waals surface area contributed by atoms with Crippen LogP contribution in [-0.4, -0.2) is 45.7 Å². The van der Waals surface area contributed by atoms with Crippen molar-refractivity contribution in [1.29, 1.82) is 0 Å². The number of hydrogen-bond donors (Lipinski definition) is 1. The van der Waals surface area contributed by atoms with Gasteiger partial charge in [-0.15, -0.1) is 0 Å². The molecule has 2 unspecified atom stereocenters. The number of alkyl halides is 3. The van der Waals surface area contributed by atoms with Crippen molar-refractivity contribution < 1.29 is 26.6 Å². The fourth-order valence-electron chi connectivity index (χ4n) is 3.37. The number of guanidine groups is 1. The maximum atomic E-state index is 14.3. The van der Waals surface area contributed by atoms with Gasteiger partial charge < -0.3 is 0 Å². The summed E-state index contributed by atoms with van der Waals surface area (Å²) >= 11 is 0. The average Bonchev–Trinajstić information content (AvgIpc) is 2.94. The molecule has 1 N–H and O–H groups in total. The van der Waals surface area contributed by atoms with Gasteiger partial charge in [0.15, 0.2) is 6.04 Å². The fourth-order valence-corrected chi connectivity index (χ4v) is 5.76. The lowest BCUT2D eigenvalue weighted by atomic mass is 10.1. The molecular weight excluding hydrogens is 460 g/mol. The summed E-state index contributed by atoms with van der Waals surface area (Å²) in [6, 6.07) is 11.4. The van der Waals surface area contributed by atoms with E-state index >= 15 is 0 Å². The van der Waals surface area contributed by atoms with Crippen molar-refractivity contribution in [3.8, 4) is 0 Å². The summed E-state index contributed by atoms with van der Waals surface area (Å²) in [5, 5.41) is 2.56. The van der Waals surface area contributed by atoms with Crippen molar-refractivity contribution >= 4 is 21.8 Å². The Labute approximate surface area is 190 Å². The third kappa shape index (κ3) is 6.10. The maximum Gasteiger partial charge on any atom is 0.411 e. The summed E-state index contributed by atoms with van der Waals surface area (Å²) in [6.45, 7) is 1.73. The normalized spacial score (nSPS) is 21.8. The molecule has 0 bridgehead atoms. The number of benzene rings is 2. The van der Waals surface area contributed by atoms with E-state index in [0.717, 1.165) is 10.4 Å². The van der Waals surface area contributed by atoms with Crippen LogP contribution in [0.1, 0.15) is 35.7 Å². The van der Waals surface area contributed by atoms with E-state index in [9.17, 15) is 26.6 Å². The van der Waals surface area contributed by atoms with Crippen molar-refractivity contribution in [2.24, 2.45) is 9.36 Å². The van der Waals surface area contributed by atoms with E-state index in [1.807, 2.05) is 0 Å². The van der Waals surface area contributed by atoms with Gasteiger partial charge in [0.1, 0.15) is 15.7 Å². The summed E-state index contributed by atoms with van der Waals surface area (Å²) in [5.74, 6) is -2.01. The van der Waals surface area contributed by atoms with Gasteiger partial charge in [-0.2, -0.15) is 13.2 Å². The van der Waals surface area contributed by atoms with Gasteiger partial charge in [-0.3, -0.25) is 19.4 Å². The third-order valence-corrected chi connectivity index (χ3v) is 7.27. The summed E-state index contributed by atoms with van der Waals surface area (Å²) < 4.78 is 73.9. The number of amides is 1. The number of hydrogen-bond acceptors (Lipinski definition) is 4. The molecule has 0 radical (unpaired) electrons. The first kappa shape index (κ1) is 24.7. The van der Waals surface area contributed by atoms with E-state index in [4.69, 9.17) is 0 Å². The van der Waals surface area contributed by atoms with Gasteiger partial charge in [0.2, 0.25) is 5.96 Å². The van der Waals surface area contributed by atoms with Gasteiger partial charge in [-0.25, -0.2) is 13.0 Å². The van der Waals surface area contributed by atoms with Crippen molar-refractivity contribution in [2.75, 3.05) is 13.1 Å². The van der Waals surface area contributed by atoms with Crippen LogP contribution in [0.5, 0.6) is 0 Å². The van der Waals surface area contributed by atoms with Crippen molar-refractivity contribution in [3.63, 3.8) is 0 Å². The second kappa shape index (κ2) is 10.3. The molecule has 6 nitrogen and oxygen atoms in total. The molecular formula is C22H24F4N4O2S. The summed E-state index contributed by atoms with van der Waals surface area (Å²) in [7, 11) is -3.87. The molecule has 0 saturated heterocycles. The number of rotatable bonds is 4. The fraction of sp³-hybridized carbons (Fsp3) is 0.364. The van der Waals surface area contributed by atoms with Gasteiger partial charge in [-0.05, 0) is 38.0 Å². The predicted molar refractivity (Wildman–Crippen MR) is 118 cm³/mol. The smallest absolute Gasteiger partial charge is 0.292 e. The van der Waals surface area contributed by atoms with Gasteiger partial charge in [0.25, 0.3) is 5.91 Å². The lowest BCUT2D eigenvalue weighted by Crippen LogP contribution is -2.47. The summed E-state index contributed by atoms with van der Waals surface area (Å²) in [4.78, 5) is 16.9. The number of halogens is 4. The molecule has 2 atom stereocenters. The quantitative estimate of drug-likeness (QED) is 0.393. The van der Waals surface area contributed by atoms with E-state index in [0.29, 0.717) is 5.56 Å². The van der Waals surface area contributed by atoms with Crippen LogP contribution in [0.3, 0.4) is 0 Å². The Balaban J connectivity index is 2.06. The van der Waals surface area contributed by atoms with Crippen LogP contribution in [0.15, 0.2) is 64.0 Å². The van der Waals surface area contributed by atoms with E-state index in [2.05, 4.69) is 14.7 Å². The molecule has 2 aromatic carbocycles. The molecule has 1 aliphatic rings. The van der Waals surface area contributed by atoms with E-state index in [-0.39, 0.29) is 37.5 Å². The number of carbonyl (C=O) groups is 1. The van der Waals surface area contributed by atoms with Crippen molar-refractivity contribution in [1.82, 2.24) is 9.62 Å². The molecule has 0 fully saturated rings. The van der Waals surface area contributed by atoms with Crippen LogP contribution >= 0.6 is 0 Å². The Morgan fingerprint density at radius 3 is 2.48 bits per heavy atom. The number of carbonyl (C=O) groups excluding carboxylic acids is 1. The monoisotopic (exact) mass is 484 g/mol. The van der Waals surface area contributed by atoms with Crippen LogP contribution in [-0.2, 0) is 15.7 Å². The first-order valence-electron chi connectivity index (χ1n) is 10.4. The van der Waals surface area contributed by atoms with Crippen LogP contribution in [0.2, 0.25) is 0 Å². The molecule has 1 heterocycles. The number of nitrogens with zero attached hydrogens (tertiary/aromatic N) is 3. The Morgan fingerprint density at radius 2 is 1.85 bits per heavy atom. The Hall–Kier alpha value is -2.95. The highest BCUT2D eigenvalue weighted by Gasteiger charge is 2.43. The van der Waals surface area contributed by atoms with Gasteiger partial charge in [0.05, 0.1) is 5.75 Å². The highest BCUT2D eigenvalue weighted by atomic mass is 32.2. The van der Waals surface area contributed by atoms with Gasteiger partial charge in [0, 0.05) is 24.2 Å². The zero-order valence-corrected chi connectivity index (χ0v) is 18.7. The molecule has 0 aliphatic carbocycles. The molecule has 178 valence electrons. The minimum atomic E-state index is -4.71. The predicted octanol–water partition coefficient (Wildman–Crippen LogP) is 4.54. The molecule has 2 aromatic rings. The Bertz CT molecular complexity index is 1130. The SMILES string of the molecule is CCN=C(NC(=O)c1ccccc1)N1CCCC(C(F)(F)F)N=S1(=O)Cc1ccccc1F. The number of aliphatic imine (C=N–C) groups is 1. The first-order chi connectivity index (χ1) is 15.6. The van der Waals surface area contributed by atoms with E-state index in [1.165, 1.54) is 18.2 Å². The second-order valence-corrected chi connectivity index (χ2v) is 9.52. The largest absolute Gasteiger partial charge is 0.411 e. The van der Waals surface area contributed by atoms with Crippen LogP contribution in [0.25, 0.3) is 0 Å². The molecule has 1 amide bonds. The molecule has 0 aromatic heterocycles. The first-order valence-corrected chi connectivity index (χ1v) is 12.0. The number of nitrogens with one attached hydrogen (secondary N) is 1. The van der Waals surface area contributed by atoms with Crippen LogP contribution in [0.4, 0.5) is 17.6 Å². The Morgan fingerprint density at radius 1 is 1.18 bits per heavy atom. The summed E-state index contributed by atoms with van der Waals surface area (Å²) in [6.07, 6.45) is -5.07. The van der Waals surface area contributed by atoms with Crippen LogP contribution < -0.4 is 5.32 Å². The maximum absolute atomic E-state index is 14.3. The summed E-state index contributed by atoms with van der Waals surface area (Å²) in [5.41, 5.74) is 0.256. The molecule has 1 aliphatic heterocycles. The van der Waals surface area contributed by atoms with E-state index < -0.39 is 39.6 Å². The zero-order valence-electron chi connectivity index (χ0n) is 17.9. The molecule has 0 spiro atoms. The highest BCUT2D eigenvalue weighted by Crippen LogP contribution is 2.32. The lowest BCUT2D eigenvalue weighted by molar-refractivity contribution is -0.147. The standard InChI is InChI=1S/C22H24F4N4O2S/c1-2-27-21(28-20(31)16-9-4-3-5-10-16)30-14-8-13-19(22(24,25)26)29-33(30,32)15-17-11-6-7-12-18(17)23/h3-7,9-12,19H,2,8,13-15H2,1H3,(H,27,28,31). The molecule has 11 heteroatoms. The third-order valence-electron chi connectivity index (χ3n) is 4.96. The molecule has 3 rings (SSSR count). The molecule has 33 heavy (non-hydrogen) atoms. The van der Waals surface area contributed by atoms with Crippen molar-refractivity contribution in [3.05, 3.63) is 71.5 Å². The minimum absolute atomic E-state index is 0.00583.